The Hall–Kier alpha value is -1.10. The van der Waals surface area contributed by atoms with Crippen molar-refractivity contribution >= 4 is 51.6 Å². The van der Waals surface area contributed by atoms with Gasteiger partial charge in [0.2, 0.25) is 16.9 Å². The van der Waals surface area contributed by atoms with Crippen molar-refractivity contribution < 1.29 is 14.3 Å². The summed E-state index contributed by atoms with van der Waals surface area (Å²) in [6, 6.07) is 0. The third-order valence-corrected chi connectivity index (χ3v) is 5.87. The van der Waals surface area contributed by atoms with Gasteiger partial charge in [0.15, 0.2) is 4.34 Å². The van der Waals surface area contributed by atoms with Crippen LogP contribution in [0.5, 0.6) is 0 Å². The average molecular weight is 408 g/mol. The Morgan fingerprint density at radius 1 is 1.32 bits per heavy atom. The van der Waals surface area contributed by atoms with Crippen LogP contribution >= 0.6 is 34.7 Å². The number of nitrogens with one attached hydrogen (secondary N) is 1. The monoisotopic (exact) mass is 407 g/mol. The van der Waals surface area contributed by atoms with Crippen LogP contribution in [-0.4, -0.2) is 85.0 Å². The first-order chi connectivity index (χ1) is 12.1. The first kappa shape index (κ1) is 20.2. The van der Waals surface area contributed by atoms with Crippen LogP contribution in [0.4, 0.5) is 5.13 Å². The van der Waals surface area contributed by atoms with Crippen LogP contribution in [0.2, 0.25) is 0 Å². The molecule has 1 aromatic rings. The molecule has 25 heavy (non-hydrogen) atoms. The molecule has 1 aliphatic rings. The zero-order valence-corrected chi connectivity index (χ0v) is 16.5. The number of rotatable bonds is 9. The van der Waals surface area contributed by atoms with Gasteiger partial charge in [-0.05, 0) is 0 Å². The number of ether oxygens (including phenoxy) is 1. The highest BCUT2D eigenvalue weighted by atomic mass is 35.5. The van der Waals surface area contributed by atoms with E-state index >= 15 is 0 Å². The summed E-state index contributed by atoms with van der Waals surface area (Å²) in [4.78, 5) is 27.5. The number of halogens is 1. The molecule has 1 N–H and O–H groups in total. The van der Waals surface area contributed by atoms with Crippen molar-refractivity contribution in [2.45, 2.75) is 10.8 Å². The largest absolute Gasteiger partial charge is 0.383 e. The second kappa shape index (κ2) is 10.8. The van der Waals surface area contributed by atoms with E-state index in [1.54, 1.807) is 7.11 Å². The van der Waals surface area contributed by atoms with Gasteiger partial charge in [-0.15, -0.1) is 21.8 Å². The smallest absolute Gasteiger partial charge is 0.230 e. The van der Waals surface area contributed by atoms with Crippen LogP contribution in [0.3, 0.4) is 0 Å². The summed E-state index contributed by atoms with van der Waals surface area (Å²) >= 11 is 8.46. The highest BCUT2D eigenvalue weighted by Crippen LogP contribution is 2.28. The molecule has 11 heteroatoms. The fourth-order valence-electron chi connectivity index (χ4n) is 2.25. The van der Waals surface area contributed by atoms with Gasteiger partial charge < -0.3 is 19.9 Å². The van der Waals surface area contributed by atoms with Gasteiger partial charge in [0.25, 0.3) is 0 Å². The molecule has 0 atom stereocenters. The van der Waals surface area contributed by atoms with Crippen molar-refractivity contribution in [3.63, 3.8) is 0 Å². The molecule has 0 aromatic carbocycles. The average Bonchev–Trinajstić information content (AvgIpc) is 3.09. The molecular weight excluding hydrogens is 386 g/mol. The zero-order chi connectivity index (χ0) is 18.1. The second-order valence-electron chi connectivity index (χ2n) is 5.29. The first-order valence-electron chi connectivity index (χ1n) is 7.94. The molecule has 0 unspecified atom stereocenters. The number of carbonyl (C=O) groups is 2. The van der Waals surface area contributed by atoms with Crippen molar-refractivity contribution in [2.75, 3.05) is 63.0 Å². The summed E-state index contributed by atoms with van der Waals surface area (Å²) in [5, 5.41) is 11.9. The topological polar surface area (TPSA) is 87.7 Å². The maximum Gasteiger partial charge on any atom is 0.230 e. The Bertz CT molecular complexity index is 566. The lowest BCUT2D eigenvalue weighted by Crippen LogP contribution is -2.48. The van der Waals surface area contributed by atoms with Crippen LogP contribution in [-0.2, 0) is 14.3 Å². The van der Waals surface area contributed by atoms with Gasteiger partial charge in [0, 0.05) is 52.1 Å². The minimum absolute atomic E-state index is 0.0507. The van der Waals surface area contributed by atoms with E-state index in [2.05, 4.69) is 20.4 Å². The molecule has 1 aliphatic heterocycles. The molecule has 0 spiro atoms. The molecule has 8 nitrogen and oxygen atoms in total. The minimum atomic E-state index is -0.0507. The van der Waals surface area contributed by atoms with Crippen LogP contribution in [0.1, 0.15) is 6.42 Å². The quantitative estimate of drug-likeness (QED) is 0.365. The van der Waals surface area contributed by atoms with Gasteiger partial charge in [-0.25, -0.2) is 0 Å². The van der Waals surface area contributed by atoms with Crippen LogP contribution in [0.15, 0.2) is 4.34 Å². The summed E-state index contributed by atoms with van der Waals surface area (Å²) in [5.41, 5.74) is 0. The molecule has 1 fully saturated rings. The maximum atomic E-state index is 11.8. The molecule has 2 heterocycles. The number of amides is 2. The molecule has 0 radical (unpaired) electrons. The molecule has 140 valence electrons. The SMILES string of the molecule is COCCNC(=O)CSc1nnc(N2CCN(C(=O)CCCl)CC2)s1. The number of piperazine rings is 1. The van der Waals surface area contributed by atoms with Crippen molar-refractivity contribution in [1.82, 2.24) is 20.4 Å². The van der Waals surface area contributed by atoms with E-state index in [0.29, 0.717) is 44.3 Å². The molecule has 2 rings (SSSR count). The van der Waals surface area contributed by atoms with Gasteiger partial charge in [-0.2, -0.15) is 0 Å². The van der Waals surface area contributed by atoms with Gasteiger partial charge >= 0.3 is 0 Å². The molecule has 1 aromatic heterocycles. The number of hydrogen-bond acceptors (Lipinski definition) is 8. The van der Waals surface area contributed by atoms with E-state index in [9.17, 15) is 9.59 Å². The number of methoxy groups -OCH3 is 1. The van der Waals surface area contributed by atoms with Gasteiger partial charge in [-0.3, -0.25) is 9.59 Å². The molecular formula is C14H22ClN5O3S2. The van der Waals surface area contributed by atoms with Crippen LogP contribution in [0.25, 0.3) is 0 Å². The Morgan fingerprint density at radius 3 is 2.76 bits per heavy atom. The van der Waals surface area contributed by atoms with Gasteiger partial charge in [0.1, 0.15) is 0 Å². The number of thioether (sulfide) groups is 1. The Kier molecular flexibility index (Phi) is 8.73. The second-order valence-corrected chi connectivity index (χ2v) is 7.85. The van der Waals surface area contributed by atoms with Crippen LogP contribution in [0, 0.1) is 0 Å². The summed E-state index contributed by atoms with van der Waals surface area (Å²) in [5.74, 6) is 0.710. The van der Waals surface area contributed by atoms with E-state index in [-0.39, 0.29) is 11.8 Å². The fourth-order valence-corrected chi connectivity index (χ4v) is 4.13. The standard InChI is InChI=1S/C14H22ClN5O3S2/c1-23-9-4-16-11(21)10-24-14-18-17-13(25-14)20-7-5-19(6-8-20)12(22)2-3-15/h2-10H2,1H3,(H,16,21). The molecule has 1 saturated heterocycles. The number of alkyl halides is 1. The lowest BCUT2D eigenvalue weighted by atomic mass is 10.3. The predicted octanol–water partition coefficient (Wildman–Crippen LogP) is 0.670. The third-order valence-electron chi connectivity index (χ3n) is 3.56. The lowest BCUT2D eigenvalue weighted by Gasteiger charge is -2.34. The lowest BCUT2D eigenvalue weighted by molar-refractivity contribution is -0.131. The highest BCUT2D eigenvalue weighted by Gasteiger charge is 2.23. The molecule has 0 aliphatic carbocycles. The summed E-state index contributed by atoms with van der Waals surface area (Å²) in [6.45, 7) is 3.79. The maximum absolute atomic E-state index is 11.8. The van der Waals surface area contributed by atoms with Crippen LogP contribution < -0.4 is 10.2 Å². The molecule has 0 saturated carbocycles. The van der Waals surface area contributed by atoms with E-state index in [1.807, 2.05) is 4.90 Å². The predicted molar refractivity (Wildman–Crippen MR) is 99.6 cm³/mol. The number of nitrogens with zero attached hydrogens (tertiary/aromatic N) is 4. The van der Waals surface area contributed by atoms with Crippen molar-refractivity contribution in [2.24, 2.45) is 0 Å². The van der Waals surface area contributed by atoms with Crippen molar-refractivity contribution in [1.29, 1.82) is 0 Å². The molecule has 2 amide bonds. The van der Waals surface area contributed by atoms with E-state index in [0.717, 1.165) is 22.6 Å². The normalized spacial score (nSPS) is 14.6. The Labute approximate surface area is 160 Å². The van der Waals surface area contributed by atoms with E-state index in [4.69, 9.17) is 16.3 Å². The zero-order valence-electron chi connectivity index (χ0n) is 14.1. The number of hydrogen-bond donors (Lipinski definition) is 1. The van der Waals surface area contributed by atoms with E-state index < -0.39 is 0 Å². The number of carbonyl (C=O) groups excluding carboxylic acids is 2. The van der Waals surface area contributed by atoms with Gasteiger partial charge in [0.05, 0.1) is 12.4 Å². The fraction of sp³-hybridized carbons (Fsp3) is 0.714. The van der Waals surface area contributed by atoms with Crippen molar-refractivity contribution in [3.05, 3.63) is 0 Å². The number of aromatic nitrogens is 2. The Balaban J connectivity index is 1.74. The minimum Gasteiger partial charge on any atom is -0.383 e. The number of anilines is 1. The summed E-state index contributed by atoms with van der Waals surface area (Å²) < 4.78 is 5.64. The molecule has 0 bridgehead atoms. The highest BCUT2D eigenvalue weighted by molar-refractivity contribution is 8.01. The Morgan fingerprint density at radius 2 is 2.08 bits per heavy atom. The third kappa shape index (κ3) is 6.61. The van der Waals surface area contributed by atoms with E-state index in [1.165, 1.54) is 23.1 Å². The van der Waals surface area contributed by atoms with Gasteiger partial charge in [-0.1, -0.05) is 23.1 Å². The van der Waals surface area contributed by atoms with Crippen molar-refractivity contribution in [3.8, 4) is 0 Å². The summed E-state index contributed by atoms with van der Waals surface area (Å²) in [6.07, 6.45) is 0.383. The first-order valence-corrected chi connectivity index (χ1v) is 10.3. The summed E-state index contributed by atoms with van der Waals surface area (Å²) in [7, 11) is 1.59.